The van der Waals surface area contributed by atoms with E-state index in [1.807, 2.05) is 25.3 Å². The van der Waals surface area contributed by atoms with Gasteiger partial charge in [-0.2, -0.15) is 0 Å². The monoisotopic (exact) mass is 301 g/mol. The van der Waals surface area contributed by atoms with E-state index in [1.165, 1.54) is 12.1 Å². The maximum atomic E-state index is 13.6. The minimum atomic E-state index is -0.477. The van der Waals surface area contributed by atoms with Crippen LogP contribution in [0.3, 0.4) is 0 Å². The number of alkyl halides is 1. The average molecular weight is 302 g/mol. The van der Waals surface area contributed by atoms with Crippen molar-refractivity contribution < 1.29 is 4.39 Å². The summed E-state index contributed by atoms with van der Waals surface area (Å²) in [4.78, 5) is 0. The van der Waals surface area contributed by atoms with Crippen molar-refractivity contribution in [1.29, 1.82) is 0 Å². The summed E-state index contributed by atoms with van der Waals surface area (Å²) in [5, 5.41) is 8.25. The van der Waals surface area contributed by atoms with Gasteiger partial charge in [0, 0.05) is 11.1 Å². The van der Waals surface area contributed by atoms with Crippen molar-refractivity contribution in [3.8, 4) is 11.4 Å². The highest BCUT2D eigenvalue weighted by Gasteiger charge is 2.23. The van der Waals surface area contributed by atoms with Crippen LogP contribution >= 0.6 is 23.2 Å². The first-order valence-electron chi connectivity index (χ1n) is 5.80. The van der Waals surface area contributed by atoms with Crippen LogP contribution in [-0.2, 0) is 11.4 Å². The van der Waals surface area contributed by atoms with E-state index in [4.69, 9.17) is 23.2 Å². The Hall–Kier alpha value is -1.13. The molecule has 102 valence electrons. The number of hydrogen-bond acceptors (Lipinski definition) is 2. The Bertz CT molecular complexity index is 602. The first-order chi connectivity index (χ1) is 8.84. The van der Waals surface area contributed by atoms with Crippen molar-refractivity contribution in [2.24, 2.45) is 0 Å². The van der Waals surface area contributed by atoms with Crippen molar-refractivity contribution >= 4 is 23.2 Å². The van der Waals surface area contributed by atoms with E-state index in [9.17, 15) is 4.39 Å². The molecule has 0 saturated carbocycles. The molecule has 19 heavy (non-hydrogen) atoms. The van der Waals surface area contributed by atoms with Crippen molar-refractivity contribution in [1.82, 2.24) is 14.8 Å². The van der Waals surface area contributed by atoms with Gasteiger partial charge in [-0.05, 0) is 39.0 Å². The molecule has 2 aromatic rings. The summed E-state index contributed by atoms with van der Waals surface area (Å²) in [5.41, 5.74) is 0.375. The number of benzene rings is 1. The molecular formula is C13H14Cl2FN3. The van der Waals surface area contributed by atoms with Gasteiger partial charge < -0.3 is 4.57 Å². The normalized spacial score (nSPS) is 11.9. The zero-order valence-corrected chi connectivity index (χ0v) is 12.4. The second-order valence-corrected chi connectivity index (χ2v) is 5.88. The van der Waals surface area contributed by atoms with Gasteiger partial charge in [0.15, 0.2) is 5.82 Å². The van der Waals surface area contributed by atoms with E-state index in [1.54, 1.807) is 6.07 Å². The summed E-state index contributed by atoms with van der Waals surface area (Å²) in [6.45, 7) is 6.05. The molecule has 0 fully saturated rings. The first kappa shape index (κ1) is 14.3. The molecule has 2 rings (SSSR count). The fourth-order valence-corrected chi connectivity index (χ4v) is 2.22. The maximum absolute atomic E-state index is 13.6. The second kappa shape index (κ2) is 5.10. The third-order valence-corrected chi connectivity index (χ3v) is 3.24. The quantitative estimate of drug-likeness (QED) is 0.777. The second-order valence-electron chi connectivity index (χ2n) is 5.21. The number of nitrogens with zero attached hydrogens (tertiary/aromatic N) is 3. The number of rotatable bonds is 2. The average Bonchev–Trinajstić information content (AvgIpc) is 2.76. The summed E-state index contributed by atoms with van der Waals surface area (Å²) in [6, 6.07) is 4.58. The van der Waals surface area contributed by atoms with E-state index in [-0.39, 0.29) is 16.4 Å². The molecule has 0 aliphatic carbocycles. The number of hydrogen-bond donors (Lipinski definition) is 0. The molecule has 0 atom stereocenters. The summed E-state index contributed by atoms with van der Waals surface area (Å²) >= 11 is 11.6. The van der Waals surface area contributed by atoms with Crippen LogP contribution in [0.4, 0.5) is 4.39 Å². The zero-order chi connectivity index (χ0) is 14.2. The van der Waals surface area contributed by atoms with Crippen molar-refractivity contribution in [2.75, 3.05) is 0 Å². The highest BCUT2D eigenvalue weighted by molar-refractivity contribution is 6.30. The SMILES string of the molecule is CC(C)(C)n1c(CCl)nnc1-c1ccc(Cl)c(F)c1. The van der Waals surface area contributed by atoms with E-state index < -0.39 is 5.82 Å². The first-order valence-corrected chi connectivity index (χ1v) is 6.72. The smallest absolute Gasteiger partial charge is 0.164 e. The molecule has 1 aromatic heterocycles. The molecule has 1 heterocycles. The molecule has 0 aliphatic rings. The van der Waals surface area contributed by atoms with Gasteiger partial charge in [0.05, 0.1) is 10.9 Å². The van der Waals surface area contributed by atoms with Crippen LogP contribution in [0.5, 0.6) is 0 Å². The largest absolute Gasteiger partial charge is 0.305 e. The molecular weight excluding hydrogens is 288 g/mol. The molecule has 0 bridgehead atoms. The van der Waals surface area contributed by atoms with Gasteiger partial charge >= 0.3 is 0 Å². The van der Waals surface area contributed by atoms with E-state index >= 15 is 0 Å². The van der Waals surface area contributed by atoms with Crippen LogP contribution in [0.2, 0.25) is 5.02 Å². The molecule has 0 unspecified atom stereocenters. The standard InChI is InChI=1S/C13H14Cl2FN3/c1-13(2,3)19-11(7-14)17-18-12(19)8-4-5-9(15)10(16)6-8/h4-6H,7H2,1-3H3. The van der Waals surface area contributed by atoms with Gasteiger partial charge in [0.1, 0.15) is 11.6 Å². The lowest BCUT2D eigenvalue weighted by Crippen LogP contribution is -2.24. The van der Waals surface area contributed by atoms with Crippen molar-refractivity contribution in [3.05, 3.63) is 34.9 Å². The summed E-state index contributed by atoms with van der Waals surface area (Å²) in [6.07, 6.45) is 0. The Labute approximate surface area is 121 Å². The van der Waals surface area contributed by atoms with Crippen LogP contribution < -0.4 is 0 Å². The fraction of sp³-hybridized carbons (Fsp3) is 0.385. The van der Waals surface area contributed by atoms with Gasteiger partial charge in [0.25, 0.3) is 0 Å². The molecule has 0 spiro atoms. The minimum Gasteiger partial charge on any atom is -0.305 e. The Kier molecular flexibility index (Phi) is 3.83. The fourth-order valence-electron chi connectivity index (χ4n) is 1.93. The molecule has 0 radical (unpaired) electrons. The lowest BCUT2D eigenvalue weighted by molar-refractivity contribution is 0.390. The van der Waals surface area contributed by atoms with Crippen LogP contribution in [0.1, 0.15) is 26.6 Å². The topological polar surface area (TPSA) is 30.7 Å². The highest BCUT2D eigenvalue weighted by atomic mass is 35.5. The van der Waals surface area contributed by atoms with E-state index in [0.29, 0.717) is 17.2 Å². The lowest BCUT2D eigenvalue weighted by Gasteiger charge is -2.24. The summed E-state index contributed by atoms with van der Waals surface area (Å²) in [5.74, 6) is 1.01. The Morgan fingerprint density at radius 3 is 2.47 bits per heavy atom. The third-order valence-electron chi connectivity index (χ3n) is 2.70. The van der Waals surface area contributed by atoms with Crippen LogP contribution in [0.25, 0.3) is 11.4 Å². The van der Waals surface area contributed by atoms with Gasteiger partial charge in [-0.15, -0.1) is 21.8 Å². The van der Waals surface area contributed by atoms with Crippen LogP contribution in [-0.4, -0.2) is 14.8 Å². The van der Waals surface area contributed by atoms with Crippen LogP contribution in [0.15, 0.2) is 18.2 Å². The highest BCUT2D eigenvalue weighted by Crippen LogP contribution is 2.28. The van der Waals surface area contributed by atoms with Crippen molar-refractivity contribution in [3.63, 3.8) is 0 Å². The summed E-state index contributed by atoms with van der Waals surface area (Å²) in [7, 11) is 0. The minimum absolute atomic E-state index is 0.0862. The van der Waals surface area contributed by atoms with Crippen LogP contribution in [0, 0.1) is 5.82 Å². The van der Waals surface area contributed by atoms with Gasteiger partial charge in [0.2, 0.25) is 0 Å². The van der Waals surface area contributed by atoms with Gasteiger partial charge in [-0.1, -0.05) is 11.6 Å². The molecule has 3 nitrogen and oxygen atoms in total. The number of aromatic nitrogens is 3. The molecule has 0 amide bonds. The summed E-state index contributed by atoms with van der Waals surface area (Å²) < 4.78 is 15.5. The Morgan fingerprint density at radius 1 is 1.26 bits per heavy atom. The van der Waals surface area contributed by atoms with E-state index in [2.05, 4.69) is 10.2 Å². The predicted octanol–water partition coefficient (Wildman–Crippen LogP) is 4.23. The molecule has 1 aromatic carbocycles. The molecule has 0 saturated heterocycles. The van der Waals surface area contributed by atoms with Crippen molar-refractivity contribution in [2.45, 2.75) is 32.2 Å². The maximum Gasteiger partial charge on any atom is 0.164 e. The lowest BCUT2D eigenvalue weighted by atomic mass is 10.1. The number of halogens is 3. The predicted molar refractivity (Wildman–Crippen MR) is 75.0 cm³/mol. The zero-order valence-electron chi connectivity index (χ0n) is 10.9. The Morgan fingerprint density at radius 2 is 1.95 bits per heavy atom. The third kappa shape index (κ3) is 2.74. The molecule has 6 heteroatoms. The molecule has 0 aliphatic heterocycles. The van der Waals surface area contributed by atoms with E-state index in [0.717, 1.165) is 0 Å². The van der Waals surface area contributed by atoms with Gasteiger partial charge in [-0.3, -0.25) is 0 Å². The molecule has 0 N–H and O–H groups in total. The van der Waals surface area contributed by atoms with Gasteiger partial charge in [-0.25, -0.2) is 4.39 Å². The Balaban J connectivity index is 2.62.